The summed E-state index contributed by atoms with van der Waals surface area (Å²) in [6.45, 7) is 2.32. The minimum Gasteiger partial charge on any atom is -0.497 e. The van der Waals surface area contributed by atoms with Crippen molar-refractivity contribution in [2.75, 3.05) is 7.11 Å². The average molecular weight is 296 g/mol. The standard InChI is InChI=1S/C20H24O2/c1-20-10-9-17-16-7-5-15(22-2)11-13(16)3-6-18(17)19(20)8-4-14(21)12-20/h5,7-8,11,17-18H,3-4,6,9-10,12H2,1-2H3/t17-,18+,20-/m1/s1. The van der Waals surface area contributed by atoms with Crippen molar-refractivity contribution < 1.29 is 9.53 Å². The lowest BCUT2D eigenvalue weighted by Crippen LogP contribution is -2.39. The van der Waals surface area contributed by atoms with Crippen LogP contribution in [0, 0.1) is 11.3 Å². The Balaban J connectivity index is 1.72. The zero-order valence-electron chi connectivity index (χ0n) is 13.5. The molecule has 3 atom stereocenters. The van der Waals surface area contributed by atoms with Gasteiger partial charge in [0.1, 0.15) is 11.5 Å². The maximum Gasteiger partial charge on any atom is 0.137 e. The Kier molecular flexibility index (Phi) is 3.18. The molecular formula is C20H24O2. The van der Waals surface area contributed by atoms with E-state index in [9.17, 15) is 4.79 Å². The fourth-order valence-corrected chi connectivity index (χ4v) is 5.13. The third-order valence-electron chi connectivity index (χ3n) is 6.20. The molecule has 0 spiro atoms. The topological polar surface area (TPSA) is 26.3 Å². The third kappa shape index (κ3) is 2.04. The van der Waals surface area contributed by atoms with Crippen molar-refractivity contribution >= 4 is 5.78 Å². The molecule has 22 heavy (non-hydrogen) atoms. The molecule has 1 aromatic carbocycles. The maximum atomic E-state index is 11.9. The van der Waals surface area contributed by atoms with Gasteiger partial charge in [0.15, 0.2) is 0 Å². The van der Waals surface area contributed by atoms with E-state index in [-0.39, 0.29) is 5.41 Å². The molecule has 4 rings (SSSR count). The Bertz CT molecular complexity index is 658. The van der Waals surface area contributed by atoms with Crippen molar-refractivity contribution in [2.45, 2.75) is 51.4 Å². The minimum atomic E-state index is 0.139. The van der Waals surface area contributed by atoms with E-state index in [2.05, 4.69) is 31.2 Å². The summed E-state index contributed by atoms with van der Waals surface area (Å²) in [4.78, 5) is 11.9. The highest BCUT2D eigenvalue weighted by molar-refractivity contribution is 5.82. The summed E-state index contributed by atoms with van der Waals surface area (Å²) in [7, 11) is 1.74. The molecule has 1 aromatic rings. The molecule has 3 aliphatic carbocycles. The molecule has 3 aliphatic rings. The van der Waals surface area contributed by atoms with E-state index in [1.807, 2.05) is 0 Å². The van der Waals surface area contributed by atoms with Crippen LogP contribution in [0.4, 0.5) is 0 Å². The average Bonchev–Trinajstić information content (AvgIpc) is 2.52. The fourth-order valence-electron chi connectivity index (χ4n) is 5.13. The first-order valence-electron chi connectivity index (χ1n) is 8.50. The summed E-state index contributed by atoms with van der Waals surface area (Å²) < 4.78 is 5.38. The van der Waals surface area contributed by atoms with Gasteiger partial charge in [-0.2, -0.15) is 0 Å². The molecule has 116 valence electrons. The Morgan fingerprint density at radius 3 is 2.91 bits per heavy atom. The van der Waals surface area contributed by atoms with Crippen LogP contribution in [-0.2, 0) is 11.2 Å². The van der Waals surface area contributed by atoms with Gasteiger partial charge in [0.05, 0.1) is 7.11 Å². The van der Waals surface area contributed by atoms with E-state index in [0.717, 1.165) is 25.0 Å². The molecule has 1 fully saturated rings. The molecular weight excluding hydrogens is 272 g/mol. The molecule has 2 heteroatoms. The minimum absolute atomic E-state index is 0.139. The predicted molar refractivity (Wildman–Crippen MR) is 87.2 cm³/mol. The lowest BCUT2D eigenvalue weighted by atomic mass is 9.55. The second-order valence-electron chi connectivity index (χ2n) is 7.49. The number of benzene rings is 1. The van der Waals surface area contributed by atoms with Gasteiger partial charge >= 0.3 is 0 Å². The first-order chi connectivity index (χ1) is 10.6. The lowest BCUT2D eigenvalue weighted by Gasteiger charge is -2.49. The first-order valence-corrected chi connectivity index (χ1v) is 8.50. The fraction of sp³-hybridized carbons (Fsp3) is 0.550. The van der Waals surface area contributed by atoms with E-state index in [0.29, 0.717) is 24.0 Å². The Hall–Kier alpha value is -1.57. The number of carbonyl (C=O) groups excluding carboxylic acids is 1. The smallest absolute Gasteiger partial charge is 0.137 e. The number of aryl methyl sites for hydroxylation is 1. The molecule has 1 saturated carbocycles. The van der Waals surface area contributed by atoms with Gasteiger partial charge in [0.25, 0.3) is 0 Å². The number of fused-ring (bicyclic) bond motifs is 5. The number of allylic oxidation sites excluding steroid dienone is 2. The van der Waals surface area contributed by atoms with Gasteiger partial charge in [-0.15, -0.1) is 0 Å². The van der Waals surface area contributed by atoms with Crippen LogP contribution < -0.4 is 4.74 Å². The molecule has 0 amide bonds. The third-order valence-corrected chi connectivity index (χ3v) is 6.20. The molecule has 0 aliphatic heterocycles. The summed E-state index contributed by atoms with van der Waals surface area (Å²) in [6, 6.07) is 6.61. The van der Waals surface area contributed by atoms with Crippen LogP contribution in [0.25, 0.3) is 0 Å². The molecule has 2 nitrogen and oxygen atoms in total. The summed E-state index contributed by atoms with van der Waals surface area (Å²) in [5.41, 5.74) is 4.72. The van der Waals surface area contributed by atoms with E-state index < -0.39 is 0 Å². The van der Waals surface area contributed by atoms with Crippen LogP contribution in [0.1, 0.15) is 56.1 Å². The monoisotopic (exact) mass is 296 g/mol. The molecule has 0 saturated heterocycles. The Morgan fingerprint density at radius 2 is 2.09 bits per heavy atom. The van der Waals surface area contributed by atoms with Crippen molar-refractivity contribution in [1.29, 1.82) is 0 Å². The molecule has 0 bridgehead atoms. The summed E-state index contributed by atoms with van der Waals surface area (Å²) >= 11 is 0. The number of Topliss-reactive ketones (excluding diaryl/α,β-unsaturated/α-hetero) is 1. The van der Waals surface area contributed by atoms with Gasteiger partial charge in [-0.05, 0) is 66.2 Å². The SMILES string of the molecule is COc1ccc2c(c1)CC[C@@H]1C3=CCC(=O)C[C@@]3(C)CC[C@H]21. The number of carbonyl (C=O) groups is 1. The second-order valence-corrected chi connectivity index (χ2v) is 7.49. The Labute approximate surface area is 132 Å². The highest BCUT2D eigenvalue weighted by atomic mass is 16.5. The van der Waals surface area contributed by atoms with Crippen LogP contribution in [0.2, 0.25) is 0 Å². The van der Waals surface area contributed by atoms with Crippen molar-refractivity contribution in [2.24, 2.45) is 11.3 Å². The van der Waals surface area contributed by atoms with Crippen molar-refractivity contribution in [3.63, 3.8) is 0 Å². The molecule has 0 aromatic heterocycles. The van der Waals surface area contributed by atoms with Gasteiger partial charge in [0.2, 0.25) is 0 Å². The predicted octanol–water partition coefficient (Wildman–Crippen LogP) is 4.43. The van der Waals surface area contributed by atoms with E-state index in [1.54, 1.807) is 12.7 Å². The molecule has 0 heterocycles. The van der Waals surface area contributed by atoms with Crippen LogP contribution in [0.3, 0.4) is 0 Å². The van der Waals surface area contributed by atoms with Gasteiger partial charge in [0, 0.05) is 12.8 Å². The number of methoxy groups -OCH3 is 1. The van der Waals surface area contributed by atoms with Crippen LogP contribution in [-0.4, -0.2) is 12.9 Å². The largest absolute Gasteiger partial charge is 0.497 e. The molecule has 0 unspecified atom stereocenters. The van der Waals surface area contributed by atoms with Gasteiger partial charge in [-0.25, -0.2) is 0 Å². The first kappa shape index (κ1) is 14.0. The zero-order valence-corrected chi connectivity index (χ0v) is 13.5. The van der Waals surface area contributed by atoms with E-state index in [1.165, 1.54) is 24.0 Å². The maximum absolute atomic E-state index is 11.9. The summed E-state index contributed by atoms with van der Waals surface area (Å²) in [5, 5.41) is 0. The number of hydrogen-bond donors (Lipinski definition) is 0. The zero-order chi connectivity index (χ0) is 15.3. The van der Waals surface area contributed by atoms with E-state index in [4.69, 9.17) is 4.74 Å². The summed E-state index contributed by atoms with van der Waals surface area (Å²) in [5.74, 6) is 2.68. The van der Waals surface area contributed by atoms with Gasteiger partial charge < -0.3 is 4.74 Å². The normalized spacial score (nSPS) is 33.4. The van der Waals surface area contributed by atoms with Crippen molar-refractivity contribution in [3.8, 4) is 5.75 Å². The van der Waals surface area contributed by atoms with Gasteiger partial charge in [-0.1, -0.05) is 24.6 Å². The van der Waals surface area contributed by atoms with E-state index >= 15 is 0 Å². The number of hydrogen-bond acceptors (Lipinski definition) is 2. The number of rotatable bonds is 1. The lowest BCUT2D eigenvalue weighted by molar-refractivity contribution is -0.121. The van der Waals surface area contributed by atoms with Crippen molar-refractivity contribution in [1.82, 2.24) is 0 Å². The quantitative estimate of drug-likeness (QED) is 0.717. The van der Waals surface area contributed by atoms with Crippen LogP contribution >= 0.6 is 0 Å². The number of ketones is 1. The second kappa shape index (κ2) is 4.97. The van der Waals surface area contributed by atoms with Gasteiger partial charge in [-0.3, -0.25) is 4.79 Å². The number of ether oxygens (including phenoxy) is 1. The van der Waals surface area contributed by atoms with Crippen LogP contribution in [0.5, 0.6) is 5.75 Å². The molecule has 0 N–H and O–H groups in total. The summed E-state index contributed by atoms with van der Waals surface area (Å²) in [6.07, 6.45) is 8.41. The van der Waals surface area contributed by atoms with Crippen molar-refractivity contribution in [3.05, 3.63) is 41.0 Å². The van der Waals surface area contributed by atoms with Crippen LogP contribution in [0.15, 0.2) is 29.8 Å². The highest BCUT2D eigenvalue weighted by Gasteiger charge is 2.46. The molecule has 0 radical (unpaired) electrons. The highest BCUT2D eigenvalue weighted by Crippen LogP contribution is 2.57. The Morgan fingerprint density at radius 1 is 1.23 bits per heavy atom.